The van der Waals surface area contributed by atoms with Crippen molar-refractivity contribution in [3.05, 3.63) is 30.5 Å². The number of rotatable bonds is 2. The number of aromatic amines is 2. The van der Waals surface area contributed by atoms with E-state index in [9.17, 15) is 0 Å². The minimum atomic E-state index is 0.344. The number of nitrogens with one attached hydrogen (secondary N) is 3. The van der Waals surface area contributed by atoms with Gasteiger partial charge in [-0.3, -0.25) is 4.90 Å². The van der Waals surface area contributed by atoms with Crippen molar-refractivity contribution in [3.63, 3.8) is 0 Å². The second-order valence-corrected chi connectivity index (χ2v) is 4.48. The lowest BCUT2D eigenvalue weighted by Gasteiger charge is -2.31. The van der Waals surface area contributed by atoms with Crippen molar-refractivity contribution in [2.24, 2.45) is 0 Å². The predicted octanol–water partition coefficient (Wildman–Crippen LogP) is 0.981. The highest BCUT2D eigenvalue weighted by Gasteiger charge is 2.22. The van der Waals surface area contributed by atoms with Crippen LogP contribution < -0.4 is 5.32 Å². The van der Waals surface area contributed by atoms with E-state index < -0.39 is 0 Å². The molecular formula is C12H17N5. The zero-order chi connectivity index (χ0) is 11.7. The van der Waals surface area contributed by atoms with Gasteiger partial charge in [0.15, 0.2) is 0 Å². The van der Waals surface area contributed by atoms with Gasteiger partial charge in [-0.15, -0.1) is 0 Å². The molecule has 1 fully saturated rings. The molecule has 3 rings (SSSR count). The summed E-state index contributed by atoms with van der Waals surface area (Å²) in [6.07, 6.45) is 5.80. The fraction of sp³-hybridized carbons (Fsp3) is 0.417. The zero-order valence-corrected chi connectivity index (χ0v) is 9.90. The number of nitrogens with zero attached hydrogens (tertiary/aromatic N) is 2. The number of hydrogen-bond acceptors (Lipinski definition) is 3. The minimum Gasteiger partial charge on any atom is -0.367 e. The Labute approximate surface area is 100 Å². The van der Waals surface area contributed by atoms with E-state index in [4.69, 9.17) is 0 Å². The normalized spacial score (nSPS) is 21.8. The molecule has 5 nitrogen and oxygen atoms in total. The van der Waals surface area contributed by atoms with Gasteiger partial charge in [-0.1, -0.05) is 0 Å². The number of H-pyrrole nitrogens is 2. The fourth-order valence-corrected chi connectivity index (χ4v) is 2.26. The summed E-state index contributed by atoms with van der Waals surface area (Å²) < 4.78 is 0. The number of imidazole rings is 1. The van der Waals surface area contributed by atoms with Crippen LogP contribution in [0.1, 0.15) is 11.9 Å². The molecule has 0 radical (unpaired) electrons. The van der Waals surface area contributed by atoms with E-state index in [1.165, 1.54) is 0 Å². The summed E-state index contributed by atoms with van der Waals surface area (Å²) in [5, 5.41) is 3.40. The molecule has 0 amide bonds. The van der Waals surface area contributed by atoms with Crippen LogP contribution in [0.4, 0.5) is 0 Å². The van der Waals surface area contributed by atoms with Crippen LogP contribution in [-0.2, 0) is 0 Å². The summed E-state index contributed by atoms with van der Waals surface area (Å²) in [7, 11) is 2.14. The standard InChI is InChI=1S/C12H17N5/c1-17-5-4-14-8-11(17)12-15-7-10(16-12)9-2-3-13-6-9/h2-3,6-7,11,13-14H,4-5,8H2,1H3,(H,15,16). The number of piperazine rings is 1. The molecule has 1 aliphatic heterocycles. The van der Waals surface area contributed by atoms with Gasteiger partial charge >= 0.3 is 0 Å². The van der Waals surface area contributed by atoms with Gasteiger partial charge in [-0.05, 0) is 13.1 Å². The van der Waals surface area contributed by atoms with Crippen LogP contribution in [0.3, 0.4) is 0 Å². The Morgan fingerprint density at radius 2 is 2.41 bits per heavy atom. The van der Waals surface area contributed by atoms with E-state index >= 15 is 0 Å². The van der Waals surface area contributed by atoms with Crippen LogP contribution in [-0.4, -0.2) is 46.5 Å². The van der Waals surface area contributed by atoms with Crippen molar-refractivity contribution in [1.29, 1.82) is 0 Å². The Morgan fingerprint density at radius 3 is 3.18 bits per heavy atom. The van der Waals surface area contributed by atoms with Gasteiger partial charge in [0.1, 0.15) is 5.82 Å². The van der Waals surface area contributed by atoms with Crippen LogP contribution in [0.25, 0.3) is 11.3 Å². The van der Waals surface area contributed by atoms with Crippen LogP contribution >= 0.6 is 0 Å². The molecule has 0 aliphatic carbocycles. The van der Waals surface area contributed by atoms with Crippen LogP contribution in [0.5, 0.6) is 0 Å². The molecule has 2 aromatic rings. The molecule has 1 atom stereocenters. The molecule has 1 aliphatic rings. The SMILES string of the molecule is CN1CCNCC1c1ncc(-c2cc[nH]c2)[nH]1. The van der Waals surface area contributed by atoms with Crippen molar-refractivity contribution in [2.75, 3.05) is 26.7 Å². The average molecular weight is 231 g/mol. The Kier molecular flexibility index (Phi) is 2.70. The predicted molar refractivity (Wildman–Crippen MR) is 66.6 cm³/mol. The number of hydrogen-bond donors (Lipinski definition) is 3. The van der Waals surface area contributed by atoms with Crippen molar-refractivity contribution in [1.82, 2.24) is 25.2 Å². The van der Waals surface area contributed by atoms with Gasteiger partial charge in [0.25, 0.3) is 0 Å². The smallest absolute Gasteiger partial charge is 0.125 e. The summed E-state index contributed by atoms with van der Waals surface area (Å²) in [4.78, 5) is 13.3. The Morgan fingerprint density at radius 1 is 1.47 bits per heavy atom. The first-order valence-electron chi connectivity index (χ1n) is 5.93. The Bertz CT molecular complexity index is 473. The van der Waals surface area contributed by atoms with Crippen LogP contribution in [0.15, 0.2) is 24.7 Å². The highest BCUT2D eigenvalue weighted by molar-refractivity contribution is 5.57. The minimum absolute atomic E-state index is 0.344. The molecule has 1 unspecified atom stereocenters. The molecule has 0 bridgehead atoms. The third-order valence-electron chi connectivity index (χ3n) is 3.33. The summed E-state index contributed by atoms with van der Waals surface area (Å²) in [5.41, 5.74) is 2.22. The lowest BCUT2D eigenvalue weighted by atomic mass is 10.2. The summed E-state index contributed by atoms with van der Waals surface area (Å²) in [6, 6.07) is 2.39. The topological polar surface area (TPSA) is 59.7 Å². The molecule has 5 heteroatoms. The molecular weight excluding hydrogens is 214 g/mol. The maximum atomic E-state index is 4.50. The van der Waals surface area contributed by atoms with Gasteiger partial charge in [0.05, 0.1) is 17.9 Å². The van der Waals surface area contributed by atoms with Gasteiger partial charge in [0, 0.05) is 37.6 Å². The van der Waals surface area contributed by atoms with E-state index in [2.05, 4.69) is 32.2 Å². The highest BCUT2D eigenvalue weighted by atomic mass is 15.2. The monoisotopic (exact) mass is 231 g/mol. The van der Waals surface area contributed by atoms with Crippen LogP contribution in [0, 0.1) is 0 Å². The maximum Gasteiger partial charge on any atom is 0.125 e. The van der Waals surface area contributed by atoms with Gasteiger partial charge in [-0.2, -0.15) is 0 Å². The van der Waals surface area contributed by atoms with E-state index in [0.717, 1.165) is 36.7 Å². The summed E-state index contributed by atoms with van der Waals surface area (Å²) in [6.45, 7) is 3.07. The summed E-state index contributed by atoms with van der Waals surface area (Å²) in [5.74, 6) is 1.04. The number of likely N-dealkylation sites (N-methyl/N-ethyl adjacent to an activating group) is 1. The van der Waals surface area contributed by atoms with Gasteiger partial charge in [-0.25, -0.2) is 4.98 Å². The summed E-state index contributed by atoms with van der Waals surface area (Å²) >= 11 is 0. The van der Waals surface area contributed by atoms with E-state index in [1.54, 1.807) is 0 Å². The van der Waals surface area contributed by atoms with E-state index in [1.807, 2.05) is 24.7 Å². The van der Waals surface area contributed by atoms with Gasteiger partial charge in [0.2, 0.25) is 0 Å². The first kappa shape index (κ1) is 10.6. The van der Waals surface area contributed by atoms with Crippen molar-refractivity contribution in [2.45, 2.75) is 6.04 Å². The maximum absolute atomic E-state index is 4.50. The highest BCUT2D eigenvalue weighted by Crippen LogP contribution is 2.22. The first-order valence-corrected chi connectivity index (χ1v) is 5.93. The molecule has 17 heavy (non-hydrogen) atoms. The van der Waals surface area contributed by atoms with E-state index in [-0.39, 0.29) is 0 Å². The largest absolute Gasteiger partial charge is 0.367 e. The molecule has 2 aromatic heterocycles. The van der Waals surface area contributed by atoms with Gasteiger partial charge < -0.3 is 15.3 Å². The average Bonchev–Trinajstić information content (AvgIpc) is 3.00. The fourth-order valence-electron chi connectivity index (χ4n) is 2.26. The quantitative estimate of drug-likeness (QED) is 0.722. The second kappa shape index (κ2) is 4.35. The molecule has 90 valence electrons. The molecule has 0 aromatic carbocycles. The third kappa shape index (κ3) is 1.99. The zero-order valence-electron chi connectivity index (χ0n) is 9.90. The Balaban J connectivity index is 1.84. The lowest BCUT2D eigenvalue weighted by molar-refractivity contribution is 0.195. The van der Waals surface area contributed by atoms with Crippen molar-refractivity contribution < 1.29 is 0 Å². The second-order valence-electron chi connectivity index (χ2n) is 4.48. The van der Waals surface area contributed by atoms with Crippen LogP contribution in [0.2, 0.25) is 0 Å². The van der Waals surface area contributed by atoms with Crippen molar-refractivity contribution >= 4 is 0 Å². The molecule has 0 saturated carbocycles. The molecule has 1 saturated heterocycles. The first-order chi connectivity index (χ1) is 8.34. The molecule has 0 spiro atoms. The molecule has 3 N–H and O–H groups in total. The Hall–Kier alpha value is -1.59. The van der Waals surface area contributed by atoms with Crippen molar-refractivity contribution in [3.8, 4) is 11.3 Å². The molecule has 3 heterocycles. The van der Waals surface area contributed by atoms with E-state index in [0.29, 0.717) is 6.04 Å². The number of aromatic nitrogens is 3. The third-order valence-corrected chi connectivity index (χ3v) is 3.33. The lowest BCUT2D eigenvalue weighted by Crippen LogP contribution is -2.44.